The van der Waals surface area contributed by atoms with Crippen LogP contribution in [-0.2, 0) is 6.42 Å². The SMILES string of the molecule is CNC(Cc1cccs1)c1cc(OC)cs1. The number of nitrogens with one attached hydrogen (secondary N) is 1. The Morgan fingerprint density at radius 2 is 2.31 bits per heavy atom. The zero-order chi connectivity index (χ0) is 11.4. The number of rotatable bonds is 5. The van der Waals surface area contributed by atoms with E-state index in [9.17, 15) is 0 Å². The fourth-order valence-electron chi connectivity index (χ4n) is 1.60. The summed E-state index contributed by atoms with van der Waals surface area (Å²) < 4.78 is 5.21. The van der Waals surface area contributed by atoms with E-state index in [0.717, 1.165) is 12.2 Å². The van der Waals surface area contributed by atoms with Gasteiger partial charge in [-0.2, -0.15) is 0 Å². The molecule has 0 saturated carbocycles. The lowest BCUT2D eigenvalue weighted by molar-refractivity contribution is 0.416. The molecule has 2 aromatic rings. The van der Waals surface area contributed by atoms with E-state index in [-0.39, 0.29) is 0 Å². The first-order valence-corrected chi connectivity index (χ1v) is 6.91. The normalized spacial score (nSPS) is 12.6. The molecule has 0 bridgehead atoms. The molecule has 4 heteroatoms. The van der Waals surface area contributed by atoms with Gasteiger partial charge in [-0.1, -0.05) is 6.07 Å². The van der Waals surface area contributed by atoms with E-state index in [2.05, 4.69) is 28.9 Å². The number of hydrogen-bond donors (Lipinski definition) is 1. The Bertz CT molecular complexity index is 422. The van der Waals surface area contributed by atoms with Gasteiger partial charge in [0.15, 0.2) is 0 Å². The highest BCUT2D eigenvalue weighted by Crippen LogP contribution is 2.29. The second-order valence-corrected chi connectivity index (χ2v) is 5.49. The van der Waals surface area contributed by atoms with Crippen LogP contribution in [0.3, 0.4) is 0 Å². The summed E-state index contributed by atoms with van der Waals surface area (Å²) in [4.78, 5) is 2.74. The van der Waals surface area contributed by atoms with Crippen LogP contribution in [0.15, 0.2) is 29.0 Å². The Morgan fingerprint density at radius 3 is 2.88 bits per heavy atom. The summed E-state index contributed by atoms with van der Waals surface area (Å²) in [5.41, 5.74) is 0. The molecule has 0 radical (unpaired) electrons. The van der Waals surface area contributed by atoms with E-state index in [0.29, 0.717) is 6.04 Å². The highest BCUT2D eigenvalue weighted by atomic mass is 32.1. The molecule has 0 aliphatic rings. The monoisotopic (exact) mass is 253 g/mol. The number of ether oxygens (including phenoxy) is 1. The number of likely N-dealkylation sites (N-methyl/N-ethyl adjacent to an activating group) is 1. The molecular weight excluding hydrogens is 238 g/mol. The van der Waals surface area contributed by atoms with Crippen molar-refractivity contribution >= 4 is 22.7 Å². The molecule has 2 aromatic heterocycles. The fourth-order valence-corrected chi connectivity index (χ4v) is 3.32. The van der Waals surface area contributed by atoms with Crippen molar-refractivity contribution in [2.24, 2.45) is 0 Å². The van der Waals surface area contributed by atoms with Crippen molar-refractivity contribution in [2.75, 3.05) is 14.2 Å². The summed E-state index contributed by atoms with van der Waals surface area (Å²) in [5, 5.41) is 7.53. The maximum absolute atomic E-state index is 5.21. The van der Waals surface area contributed by atoms with Crippen molar-refractivity contribution in [2.45, 2.75) is 12.5 Å². The van der Waals surface area contributed by atoms with Crippen LogP contribution in [0.25, 0.3) is 0 Å². The van der Waals surface area contributed by atoms with Crippen LogP contribution < -0.4 is 10.1 Å². The van der Waals surface area contributed by atoms with E-state index < -0.39 is 0 Å². The maximum Gasteiger partial charge on any atom is 0.129 e. The average Bonchev–Trinajstić information content (AvgIpc) is 2.96. The van der Waals surface area contributed by atoms with E-state index in [1.807, 2.05) is 23.8 Å². The Hall–Kier alpha value is -0.840. The van der Waals surface area contributed by atoms with Gasteiger partial charge >= 0.3 is 0 Å². The molecule has 0 aromatic carbocycles. The molecule has 86 valence electrons. The van der Waals surface area contributed by atoms with Gasteiger partial charge in [-0.05, 0) is 24.6 Å². The molecule has 1 N–H and O–H groups in total. The van der Waals surface area contributed by atoms with Gasteiger partial charge in [0.1, 0.15) is 5.75 Å². The lowest BCUT2D eigenvalue weighted by Gasteiger charge is -2.12. The van der Waals surface area contributed by atoms with Gasteiger partial charge in [0.05, 0.1) is 7.11 Å². The third-order valence-electron chi connectivity index (χ3n) is 2.51. The number of methoxy groups -OCH3 is 1. The second kappa shape index (κ2) is 5.48. The summed E-state index contributed by atoms with van der Waals surface area (Å²) in [6, 6.07) is 6.77. The van der Waals surface area contributed by atoms with Gasteiger partial charge in [0.2, 0.25) is 0 Å². The Kier molecular flexibility index (Phi) is 3.98. The molecule has 2 rings (SSSR count). The minimum atomic E-state index is 0.382. The van der Waals surface area contributed by atoms with Gasteiger partial charge < -0.3 is 10.1 Å². The molecule has 0 saturated heterocycles. The summed E-state index contributed by atoms with van der Waals surface area (Å²) in [5.74, 6) is 0.950. The van der Waals surface area contributed by atoms with Crippen LogP contribution in [0.2, 0.25) is 0 Å². The van der Waals surface area contributed by atoms with Gasteiger partial charge in [-0.25, -0.2) is 0 Å². The van der Waals surface area contributed by atoms with Gasteiger partial charge in [-0.3, -0.25) is 0 Å². The van der Waals surface area contributed by atoms with E-state index >= 15 is 0 Å². The van der Waals surface area contributed by atoms with Crippen LogP contribution in [0.4, 0.5) is 0 Å². The Labute approximate surface area is 104 Å². The summed E-state index contributed by atoms with van der Waals surface area (Å²) in [6.45, 7) is 0. The van der Waals surface area contributed by atoms with E-state index in [4.69, 9.17) is 4.74 Å². The van der Waals surface area contributed by atoms with Crippen LogP contribution in [0, 0.1) is 0 Å². The van der Waals surface area contributed by atoms with Crippen molar-refractivity contribution in [3.8, 4) is 5.75 Å². The van der Waals surface area contributed by atoms with Crippen molar-refractivity contribution in [1.29, 1.82) is 0 Å². The van der Waals surface area contributed by atoms with Gasteiger partial charge in [-0.15, -0.1) is 22.7 Å². The molecule has 1 unspecified atom stereocenters. The lowest BCUT2D eigenvalue weighted by Crippen LogP contribution is -2.17. The van der Waals surface area contributed by atoms with Crippen LogP contribution in [0.5, 0.6) is 5.75 Å². The van der Waals surface area contributed by atoms with Crippen LogP contribution in [0.1, 0.15) is 15.8 Å². The number of hydrogen-bond acceptors (Lipinski definition) is 4. The number of thiophene rings is 2. The fraction of sp³-hybridized carbons (Fsp3) is 0.333. The smallest absolute Gasteiger partial charge is 0.129 e. The zero-order valence-corrected chi connectivity index (χ0v) is 11.0. The first-order valence-electron chi connectivity index (χ1n) is 5.15. The quantitative estimate of drug-likeness (QED) is 0.882. The predicted molar refractivity (Wildman–Crippen MR) is 70.7 cm³/mol. The first-order chi connectivity index (χ1) is 7.83. The van der Waals surface area contributed by atoms with Crippen molar-refractivity contribution in [1.82, 2.24) is 5.32 Å². The molecule has 2 heterocycles. The van der Waals surface area contributed by atoms with Crippen LogP contribution in [-0.4, -0.2) is 14.2 Å². The highest BCUT2D eigenvalue weighted by Gasteiger charge is 2.13. The van der Waals surface area contributed by atoms with Crippen molar-refractivity contribution < 1.29 is 4.74 Å². The third-order valence-corrected chi connectivity index (χ3v) is 4.43. The topological polar surface area (TPSA) is 21.3 Å². The highest BCUT2D eigenvalue weighted by molar-refractivity contribution is 7.10. The lowest BCUT2D eigenvalue weighted by atomic mass is 10.1. The molecule has 0 fully saturated rings. The van der Waals surface area contributed by atoms with E-state index in [1.54, 1.807) is 18.4 Å². The van der Waals surface area contributed by atoms with Crippen molar-refractivity contribution in [3.05, 3.63) is 38.7 Å². The summed E-state index contributed by atoms with van der Waals surface area (Å²) in [6.07, 6.45) is 1.04. The summed E-state index contributed by atoms with van der Waals surface area (Å²) >= 11 is 3.55. The first kappa shape index (κ1) is 11.6. The third kappa shape index (κ3) is 2.64. The molecular formula is C12H15NOS2. The standard InChI is InChI=1S/C12H15NOS2/c1-13-11(7-10-4-3-5-15-10)12-6-9(14-2)8-16-12/h3-6,8,11,13H,7H2,1-2H3. The van der Waals surface area contributed by atoms with Crippen molar-refractivity contribution in [3.63, 3.8) is 0 Å². The second-order valence-electron chi connectivity index (χ2n) is 3.51. The molecule has 1 atom stereocenters. The molecule has 0 aliphatic carbocycles. The summed E-state index contributed by atoms with van der Waals surface area (Å²) in [7, 11) is 3.71. The Morgan fingerprint density at radius 1 is 1.44 bits per heavy atom. The molecule has 0 amide bonds. The van der Waals surface area contributed by atoms with Gasteiger partial charge in [0, 0.05) is 27.6 Å². The molecule has 0 spiro atoms. The maximum atomic E-state index is 5.21. The molecule has 0 aliphatic heterocycles. The molecule has 2 nitrogen and oxygen atoms in total. The average molecular weight is 253 g/mol. The van der Waals surface area contributed by atoms with Crippen LogP contribution >= 0.6 is 22.7 Å². The van der Waals surface area contributed by atoms with E-state index in [1.165, 1.54) is 9.75 Å². The predicted octanol–water partition coefficient (Wildman–Crippen LogP) is 3.32. The minimum Gasteiger partial charge on any atom is -0.496 e. The minimum absolute atomic E-state index is 0.382. The zero-order valence-electron chi connectivity index (χ0n) is 9.40. The largest absolute Gasteiger partial charge is 0.496 e. The Balaban J connectivity index is 2.10. The molecule has 16 heavy (non-hydrogen) atoms. The van der Waals surface area contributed by atoms with Gasteiger partial charge in [0.25, 0.3) is 0 Å².